The van der Waals surface area contributed by atoms with Crippen LogP contribution in [0.3, 0.4) is 0 Å². The number of sulfone groups is 1. The molecule has 0 radical (unpaired) electrons. The van der Waals surface area contributed by atoms with Crippen LogP contribution in [0.15, 0.2) is 5.11 Å². The summed E-state index contributed by atoms with van der Waals surface area (Å²) in [4.78, 5) is 14.0. The second-order valence-corrected chi connectivity index (χ2v) is 6.36. The number of carbonyl (C=O) groups excluding carboxylic acids is 1. The highest BCUT2D eigenvalue weighted by molar-refractivity contribution is 7.91. The highest BCUT2D eigenvalue weighted by Crippen LogP contribution is 2.21. The predicted molar refractivity (Wildman–Crippen MR) is 63.0 cm³/mol. The largest absolute Gasteiger partial charge is 0.356 e. The summed E-state index contributed by atoms with van der Waals surface area (Å²) in [7, 11) is -2.91. The fraction of sp³-hybridized carbons (Fsp3) is 0.889. The third kappa shape index (κ3) is 5.55. The maximum atomic E-state index is 11.4. The maximum Gasteiger partial charge on any atom is 0.220 e. The number of rotatable bonds is 6. The van der Waals surface area contributed by atoms with Crippen molar-refractivity contribution in [3.63, 3.8) is 0 Å². The van der Waals surface area contributed by atoms with Crippen LogP contribution in [0.1, 0.15) is 19.3 Å². The van der Waals surface area contributed by atoms with Crippen LogP contribution >= 0.6 is 0 Å². The first-order valence-electron chi connectivity index (χ1n) is 5.51. The van der Waals surface area contributed by atoms with E-state index in [0.29, 0.717) is 25.9 Å². The first-order valence-corrected chi connectivity index (χ1v) is 7.33. The fourth-order valence-corrected chi connectivity index (χ4v) is 3.65. The lowest BCUT2D eigenvalue weighted by molar-refractivity contribution is -0.121. The Morgan fingerprint density at radius 2 is 2.29 bits per heavy atom. The molecule has 96 valence electrons. The Labute approximate surface area is 100 Å². The predicted octanol–water partition coefficient (Wildman–Crippen LogP) is 0.628. The Bertz CT molecular complexity index is 414. The highest BCUT2D eigenvalue weighted by atomic mass is 32.2. The normalized spacial score (nSPS) is 21.8. The average molecular weight is 260 g/mol. The molecule has 1 amide bonds. The molecule has 8 heteroatoms. The molecule has 1 unspecified atom stereocenters. The molecule has 0 aromatic heterocycles. The Morgan fingerprint density at radius 3 is 2.88 bits per heavy atom. The van der Waals surface area contributed by atoms with Gasteiger partial charge in [0, 0.05) is 24.4 Å². The SMILES string of the molecule is [N-]=[N+]=NCCCNC(=O)CC1CCS(=O)(=O)C1. The van der Waals surface area contributed by atoms with Gasteiger partial charge in [0.05, 0.1) is 11.5 Å². The van der Waals surface area contributed by atoms with Crippen molar-refractivity contribution in [2.24, 2.45) is 11.0 Å². The molecule has 0 spiro atoms. The molecule has 7 nitrogen and oxygen atoms in total. The van der Waals surface area contributed by atoms with Gasteiger partial charge in [-0.05, 0) is 24.3 Å². The van der Waals surface area contributed by atoms with Crippen molar-refractivity contribution in [1.29, 1.82) is 0 Å². The standard InChI is InChI=1S/C9H16N4O3S/c10-13-12-4-1-3-11-9(14)6-8-2-5-17(15,16)7-8/h8H,1-7H2,(H,11,14). The van der Waals surface area contributed by atoms with Gasteiger partial charge in [0.15, 0.2) is 9.84 Å². The zero-order valence-electron chi connectivity index (χ0n) is 9.50. The fourth-order valence-electron chi connectivity index (χ4n) is 1.79. The molecule has 0 aromatic carbocycles. The highest BCUT2D eigenvalue weighted by Gasteiger charge is 2.29. The minimum Gasteiger partial charge on any atom is -0.356 e. The van der Waals surface area contributed by atoms with Crippen LogP contribution in [-0.4, -0.2) is 38.9 Å². The summed E-state index contributed by atoms with van der Waals surface area (Å²) < 4.78 is 22.4. The molecule has 1 aliphatic heterocycles. The summed E-state index contributed by atoms with van der Waals surface area (Å²) in [6, 6.07) is 0. The van der Waals surface area contributed by atoms with Crippen molar-refractivity contribution < 1.29 is 13.2 Å². The summed E-state index contributed by atoms with van der Waals surface area (Å²) in [5.74, 6) is 0.145. The number of amides is 1. The minimum absolute atomic E-state index is 0.0443. The van der Waals surface area contributed by atoms with Crippen LogP contribution in [0, 0.1) is 5.92 Å². The smallest absolute Gasteiger partial charge is 0.220 e. The molecule has 1 saturated heterocycles. The van der Waals surface area contributed by atoms with E-state index in [0.717, 1.165) is 0 Å². The van der Waals surface area contributed by atoms with E-state index in [1.165, 1.54) is 0 Å². The van der Waals surface area contributed by atoms with E-state index in [-0.39, 0.29) is 29.8 Å². The van der Waals surface area contributed by atoms with Gasteiger partial charge in [-0.3, -0.25) is 4.79 Å². The third-order valence-corrected chi connectivity index (χ3v) is 4.46. The summed E-state index contributed by atoms with van der Waals surface area (Å²) in [5.41, 5.74) is 8.03. The first-order chi connectivity index (χ1) is 8.03. The lowest BCUT2D eigenvalue weighted by atomic mass is 10.1. The van der Waals surface area contributed by atoms with E-state index in [1.54, 1.807) is 0 Å². The van der Waals surface area contributed by atoms with E-state index < -0.39 is 9.84 Å². The number of nitrogens with one attached hydrogen (secondary N) is 1. The van der Waals surface area contributed by atoms with Gasteiger partial charge in [-0.1, -0.05) is 5.11 Å². The van der Waals surface area contributed by atoms with Crippen molar-refractivity contribution in [3.05, 3.63) is 10.4 Å². The molecule has 1 rings (SSSR count). The average Bonchev–Trinajstić information content (AvgIpc) is 2.57. The summed E-state index contributed by atoms with van der Waals surface area (Å²) in [5, 5.41) is 6.02. The van der Waals surface area contributed by atoms with Gasteiger partial charge in [0.25, 0.3) is 0 Å². The number of hydrogen-bond donors (Lipinski definition) is 1. The van der Waals surface area contributed by atoms with Crippen molar-refractivity contribution in [2.45, 2.75) is 19.3 Å². The molecule has 0 saturated carbocycles. The third-order valence-electron chi connectivity index (χ3n) is 2.62. The van der Waals surface area contributed by atoms with Gasteiger partial charge in [-0.15, -0.1) is 0 Å². The maximum absolute atomic E-state index is 11.4. The van der Waals surface area contributed by atoms with Crippen LogP contribution in [0.5, 0.6) is 0 Å². The number of nitrogens with zero attached hydrogens (tertiary/aromatic N) is 3. The molecule has 0 aliphatic carbocycles. The summed E-state index contributed by atoms with van der Waals surface area (Å²) in [6.45, 7) is 0.811. The van der Waals surface area contributed by atoms with Gasteiger partial charge in [-0.2, -0.15) is 0 Å². The zero-order valence-corrected chi connectivity index (χ0v) is 10.3. The molecule has 17 heavy (non-hydrogen) atoms. The molecular weight excluding hydrogens is 244 g/mol. The summed E-state index contributed by atoms with van der Waals surface area (Å²) >= 11 is 0. The van der Waals surface area contributed by atoms with Crippen LogP contribution in [0.2, 0.25) is 0 Å². The van der Waals surface area contributed by atoms with E-state index in [4.69, 9.17) is 5.53 Å². The Kier molecular flexibility index (Phi) is 5.24. The molecule has 1 aliphatic rings. The lowest BCUT2D eigenvalue weighted by Gasteiger charge is -2.07. The molecule has 1 atom stereocenters. The second-order valence-electron chi connectivity index (χ2n) is 4.13. The monoisotopic (exact) mass is 260 g/mol. The summed E-state index contributed by atoms with van der Waals surface area (Å²) in [6.07, 6.45) is 1.44. The molecule has 0 aromatic rings. The Hall–Kier alpha value is -1.27. The quantitative estimate of drug-likeness (QED) is 0.327. The van der Waals surface area contributed by atoms with Gasteiger partial charge in [-0.25, -0.2) is 8.42 Å². The van der Waals surface area contributed by atoms with E-state index >= 15 is 0 Å². The van der Waals surface area contributed by atoms with Gasteiger partial charge < -0.3 is 5.32 Å². The van der Waals surface area contributed by atoms with Crippen molar-refractivity contribution in [1.82, 2.24) is 5.32 Å². The zero-order chi connectivity index (χ0) is 12.7. The van der Waals surface area contributed by atoms with Gasteiger partial charge in [0.2, 0.25) is 5.91 Å². The second kappa shape index (κ2) is 6.46. The van der Waals surface area contributed by atoms with E-state index in [9.17, 15) is 13.2 Å². The van der Waals surface area contributed by atoms with Crippen LogP contribution < -0.4 is 5.32 Å². The van der Waals surface area contributed by atoms with Crippen LogP contribution in [0.4, 0.5) is 0 Å². The molecule has 1 heterocycles. The molecule has 0 bridgehead atoms. The van der Waals surface area contributed by atoms with Crippen molar-refractivity contribution in [3.8, 4) is 0 Å². The van der Waals surface area contributed by atoms with E-state index in [1.807, 2.05) is 0 Å². The van der Waals surface area contributed by atoms with Crippen molar-refractivity contribution in [2.75, 3.05) is 24.6 Å². The van der Waals surface area contributed by atoms with Gasteiger partial charge >= 0.3 is 0 Å². The van der Waals surface area contributed by atoms with Gasteiger partial charge in [0.1, 0.15) is 0 Å². The number of azide groups is 1. The molecule has 1 fully saturated rings. The number of hydrogen-bond acceptors (Lipinski definition) is 4. The van der Waals surface area contributed by atoms with E-state index in [2.05, 4.69) is 15.3 Å². The Morgan fingerprint density at radius 1 is 1.53 bits per heavy atom. The first kappa shape index (κ1) is 13.8. The number of carbonyl (C=O) groups is 1. The Balaban J connectivity index is 2.15. The van der Waals surface area contributed by atoms with Crippen LogP contribution in [-0.2, 0) is 14.6 Å². The molecular formula is C9H16N4O3S. The molecule has 1 N–H and O–H groups in total. The minimum atomic E-state index is -2.91. The van der Waals surface area contributed by atoms with Crippen molar-refractivity contribution >= 4 is 15.7 Å². The van der Waals surface area contributed by atoms with Crippen LogP contribution in [0.25, 0.3) is 10.4 Å². The lowest BCUT2D eigenvalue weighted by Crippen LogP contribution is -2.27. The topological polar surface area (TPSA) is 112 Å².